The number of fused-ring (bicyclic) bond motifs is 1. The van der Waals surface area contributed by atoms with Crippen LogP contribution in [0.15, 0.2) is 36.4 Å². The lowest BCUT2D eigenvalue weighted by atomic mass is 10.0. The van der Waals surface area contributed by atoms with E-state index in [0.29, 0.717) is 0 Å². The molecule has 0 aromatic heterocycles. The highest BCUT2D eigenvalue weighted by atomic mass is 79.9. The lowest BCUT2D eigenvalue weighted by molar-refractivity contribution is 0.298. The standard InChI is InChI=1S/C15H15BrO/c16-9-14-13-4-2-1-3-12(13)7-8-15(14)17-10-11-5-6-11/h1-4,7-8,11H,5-6,9-10H2. The Kier molecular flexibility index (Phi) is 3.06. The minimum atomic E-state index is 0.796. The first-order valence-corrected chi connectivity index (χ1v) is 7.20. The Labute approximate surface area is 110 Å². The molecule has 1 aliphatic rings. The third kappa shape index (κ3) is 2.32. The molecule has 2 heteroatoms. The zero-order chi connectivity index (χ0) is 11.7. The molecular formula is C15H15BrO. The molecule has 0 saturated heterocycles. The summed E-state index contributed by atoms with van der Waals surface area (Å²) < 4.78 is 5.93. The van der Waals surface area contributed by atoms with E-state index in [4.69, 9.17) is 4.74 Å². The van der Waals surface area contributed by atoms with Crippen molar-refractivity contribution in [3.8, 4) is 5.75 Å². The van der Waals surface area contributed by atoms with Crippen LogP contribution in [0.2, 0.25) is 0 Å². The number of hydrogen-bond acceptors (Lipinski definition) is 1. The van der Waals surface area contributed by atoms with Crippen LogP contribution in [0.1, 0.15) is 18.4 Å². The fourth-order valence-corrected chi connectivity index (χ4v) is 2.66. The predicted molar refractivity (Wildman–Crippen MR) is 74.8 cm³/mol. The minimum absolute atomic E-state index is 0.796. The van der Waals surface area contributed by atoms with Crippen molar-refractivity contribution in [2.75, 3.05) is 6.61 Å². The summed E-state index contributed by atoms with van der Waals surface area (Å²) in [4.78, 5) is 0. The summed E-state index contributed by atoms with van der Waals surface area (Å²) in [6.07, 6.45) is 2.66. The second kappa shape index (κ2) is 4.69. The van der Waals surface area contributed by atoms with Crippen molar-refractivity contribution >= 4 is 26.7 Å². The Morgan fingerprint density at radius 3 is 2.71 bits per heavy atom. The van der Waals surface area contributed by atoms with Crippen LogP contribution in [0, 0.1) is 5.92 Å². The van der Waals surface area contributed by atoms with Gasteiger partial charge >= 0.3 is 0 Å². The van der Waals surface area contributed by atoms with E-state index in [-0.39, 0.29) is 0 Å². The number of rotatable bonds is 4. The van der Waals surface area contributed by atoms with Crippen LogP contribution in [0.4, 0.5) is 0 Å². The Morgan fingerprint density at radius 1 is 1.12 bits per heavy atom. The van der Waals surface area contributed by atoms with Crippen molar-refractivity contribution < 1.29 is 4.74 Å². The molecule has 2 aromatic rings. The quantitative estimate of drug-likeness (QED) is 0.752. The van der Waals surface area contributed by atoms with E-state index in [1.54, 1.807) is 0 Å². The fraction of sp³-hybridized carbons (Fsp3) is 0.333. The zero-order valence-corrected chi connectivity index (χ0v) is 11.2. The number of hydrogen-bond donors (Lipinski definition) is 0. The van der Waals surface area contributed by atoms with E-state index < -0.39 is 0 Å². The van der Waals surface area contributed by atoms with Crippen LogP contribution in [-0.4, -0.2) is 6.61 Å². The van der Waals surface area contributed by atoms with Gasteiger partial charge in [-0.05, 0) is 35.6 Å². The third-order valence-corrected chi connectivity index (χ3v) is 3.86. The third-order valence-electron chi connectivity index (χ3n) is 3.30. The lowest BCUT2D eigenvalue weighted by Crippen LogP contribution is -2.01. The van der Waals surface area contributed by atoms with Crippen molar-refractivity contribution in [1.82, 2.24) is 0 Å². The van der Waals surface area contributed by atoms with Crippen LogP contribution < -0.4 is 4.74 Å². The summed E-state index contributed by atoms with van der Waals surface area (Å²) in [6.45, 7) is 0.873. The van der Waals surface area contributed by atoms with E-state index in [1.807, 2.05) is 0 Å². The average molecular weight is 291 g/mol. The Bertz CT molecular complexity index is 531. The first-order chi connectivity index (χ1) is 8.38. The number of benzene rings is 2. The number of alkyl halides is 1. The molecule has 0 atom stereocenters. The van der Waals surface area contributed by atoms with Gasteiger partial charge in [-0.15, -0.1) is 0 Å². The van der Waals surface area contributed by atoms with Crippen LogP contribution in [0.3, 0.4) is 0 Å². The molecule has 0 spiro atoms. The van der Waals surface area contributed by atoms with Gasteiger partial charge < -0.3 is 4.74 Å². The molecule has 17 heavy (non-hydrogen) atoms. The lowest BCUT2D eigenvalue weighted by Gasteiger charge is -2.12. The van der Waals surface area contributed by atoms with Crippen molar-refractivity contribution in [2.45, 2.75) is 18.2 Å². The van der Waals surface area contributed by atoms with Gasteiger partial charge in [-0.2, -0.15) is 0 Å². The topological polar surface area (TPSA) is 9.23 Å². The Balaban J connectivity index is 1.98. The largest absolute Gasteiger partial charge is 0.493 e. The molecule has 88 valence electrons. The molecule has 1 fully saturated rings. The van der Waals surface area contributed by atoms with Gasteiger partial charge in [0.1, 0.15) is 5.75 Å². The van der Waals surface area contributed by atoms with Gasteiger partial charge in [0.25, 0.3) is 0 Å². The molecule has 0 N–H and O–H groups in total. The highest BCUT2D eigenvalue weighted by Crippen LogP contribution is 2.33. The first kappa shape index (κ1) is 11.1. The number of ether oxygens (including phenoxy) is 1. The minimum Gasteiger partial charge on any atom is -0.493 e. The van der Waals surface area contributed by atoms with E-state index >= 15 is 0 Å². The van der Waals surface area contributed by atoms with Crippen molar-refractivity contribution in [2.24, 2.45) is 5.92 Å². The molecular weight excluding hydrogens is 276 g/mol. The molecule has 2 aromatic carbocycles. The normalized spacial score (nSPS) is 15.1. The summed E-state index contributed by atoms with van der Waals surface area (Å²) >= 11 is 3.57. The fourth-order valence-electron chi connectivity index (χ4n) is 2.08. The van der Waals surface area contributed by atoms with Crippen LogP contribution in [0.25, 0.3) is 10.8 Å². The molecule has 1 saturated carbocycles. The summed E-state index contributed by atoms with van der Waals surface area (Å²) in [6, 6.07) is 12.7. The number of halogens is 1. The molecule has 3 rings (SSSR count). The van der Waals surface area contributed by atoms with E-state index in [9.17, 15) is 0 Å². The summed E-state index contributed by atoms with van der Waals surface area (Å²) in [5.41, 5.74) is 1.27. The molecule has 0 bridgehead atoms. The van der Waals surface area contributed by atoms with Crippen LogP contribution >= 0.6 is 15.9 Å². The molecule has 0 radical (unpaired) electrons. The van der Waals surface area contributed by atoms with Crippen LogP contribution in [0.5, 0.6) is 5.75 Å². The monoisotopic (exact) mass is 290 g/mol. The van der Waals surface area contributed by atoms with Crippen molar-refractivity contribution in [3.63, 3.8) is 0 Å². The zero-order valence-electron chi connectivity index (χ0n) is 9.66. The summed E-state index contributed by atoms with van der Waals surface area (Å²) in [5, 5.41) is 3.41. The Hall–Kier alpha value is -1.02. The van der Waals surface area contributed by atoms with Crippen LogP contribution in [-0.2, 0) is 5.33 Å². The van der Waals surface area contributed by atoms with Crippen molar-refractivity contribution in [1.29, 1.82) is 0 Å². The molecule has 0 amide bonds. The SMILES string of the molecule is BrCc1c(OCC2CC2)ccc2ccccc12. The molecule has 1 aliphatic carbocycles. The average Bonchev–Trinajstić information content (AvgIpc) is 3.19. The second-order valence-electron chi connectivity index (χ2n) is 4.65. The maximum atomic E-state index is 5.93. The second-order valence-corrected chi connectivity index (χ2v) is 5.21. The first-order valence-electron chi connectivity index (χ1n) is 6.08. The maximum Gasteiger partial charge on any atom is 0.123 e. The van der Waals surface area contributed by atoms with Gasteiger partial charge in [-0.1, -0.05) is 46.3 Å². The maximum absolute atomic E-state index is 5.93. The van der Waals surface area contributed by atoms with E-state index in [0.717, 1.165) is 23.6 Å². The highest BCUT2D eigenvalue weighted by molar-refractivity contribution is 9.08. The molecule has 0 unspecified atom stereocenters. The highest BCUT2D eigenvalue weighted by Gasteiger charge is 2.22. The molecule has 1 nitrogen and oxygen atoms in total. The van der Waals surface area contributed by atoms with Gasteiger partial charge in [0.2, 0.25) is 0 Å². The van der Waals surface area contributed by atoms with Gasteiger partial charge in [0.05, 0.1) is 6.61 Å². The van der Waals surface area contributed by atoms with E-state index in [1.165, 1.54) is 29.2 Å². The van der Waals surface area contributed by atoms with E-state index in [2.05, 4.69) is 52.3 Å². The predicted octanol–water partition coefficient (Wildman–Crippen LogP) is 4.52. The Morgan fingerprint density at radius 2 is 1.94 bits per heavy atom. The van der Waals surface area contributed by atoms with Crippen molar-refractivity contribution in [3.05, 3.63) is 42.0 Å². The smallest absolute Gasteiger partial charge is 0.123 e. The van der Waals surface area contributed by atoms with Gasteiger partial charge in [-0.25, -0.2) is 0 Å². The van der Waals surface area contributed by atoms with Gasteiger partial charge in [0.15, 0.2) is 0 Å². The summed E-state index contributed by atoms with van der Waals surface area (Å²) in [5.74, 6) is 1.83. The summed E-state index contributed by atoms with van der Waals surface area (Å²) in [7, 11) is 0. The molecule has 0 aliphatic heterocycles. The van der Waals surface area contributed by atoms with Gasteiger partial charge in [0, 0.05) is 10.9 Å². The van der Waals surface area contributed by atoms with Gasteiger partial charge in [-0.3, -0.25) is 0 Å². The molecule has 0 heterocycles.